The second-order valence-electron chi connectivity index (χ2n) is 4.41. The zero-order chi connectivity index (χ0) is 15.5. The summed E-state index contributed by atoms with van der Waals surface area (Å²) in [5.41, 5.74) is 0.961. The molecule has 0 aliphatic carbocycles. The van der Waals surface area contributed by atoms with Crippen LogP contribution in [0.1, 0.15) is 30.8 Å². The SMILES string of the molecule is CCC(Nc1cc(Cl)nc(C(F)(F)F)n1)c1ccccc1. The number of benzene rings is 1. The minimum Gasteiger partial charge on any atom is -0.363 e. The highest BCUT2D eigenvalue weighted by Gasteiger charge is 2.35. The van der Waals surface area contributed by atoms with Crippen LogP contribution in [0, 0.1) is 0 Å². The van der Waals surface area contributed by atoms with Crippen molar-refractivity contribution in [3.05, 3.63) is 52.9 Å². The Hall–Kier alpha value is -1.82. The maximum absolute atomic E-state index is 12.7. The highest BCUT2D eigenvalue weighted by molar-refractivity contribution is 6.29. The second-order valence-corrected chi connectivity index (χ2v) is 4.80. The Morgan fingerprint density at radius 2 is 1.86 bits per heavy atom. The molecule has 0 spiro atoms. The molecule has 0 saturated heterocycles. The van der Waals surface area contributed by atoms with Gasteiger partial charge in [-0.1, -0.05) is 48.9 Å². The average Bonchev–Trinajstić information content (AvgIpc) is 2.44. The number of hydrogen-bond acceptors (Lipinski definition) is 3. The predicted molar refractivity (Wildman–Crippen MR) is 75.1 cm³/mol. The maximum Gasteiger partial charge on any atom is 0.451 e. The lowest BCUT2D eigenvalue weighted by atomic mass is 10.0. The van der Waals surface area contributed by atoms with E-state index in [1.54, 1.807) is 0 Å². The van der Waals surface area contributed by atoms with Gasteiger partial charge >= 0.3 is 6.18 Å². The smallest absolute Gasteiger partial charge is 0.363 e. The highest BCUT2D eigenvalue weighted by atomic mass is 35.5. The zero-order valence-electron chi connectivity index (χ0n) is 11.2. The van der Waals surface area contributed by atoms with Gasteiger partial charge in [-0.25, -0.2) is 9.97 Å². The summed E-state index contributed by atoms with van der Waals surface area (Å²) in [7, 11) is 0. The largest absolute Gasteiger partial charge is 0.451 e. The van der Waals surface area contributed by atoms with Gasteiger partial charge in [-0.05, 0) is 12.0 Å². The van der Waals surface area contributed by atoms with E-state index in [4.69, 9.17) is 11.6 Å². The molecular weight excluding hydrogens is 303 g/mol. The van der Waals surface area contributed by atoms with E-state index in [1.807, 2.05) is 37.3 Å². The molecule has 1 unspecified atom stereocenters. The van der Waals surface area contributed by atoms with Crippen LogP contribution in [-0.4, -0.2) is 9.97 Å². The van der Waals surface area contributed by atoms with Gasteiger partial charge in [0.25, 0.3) is 0 Å². The fraction of sp³-hybridized carbons (Fsp3) is 0.286. The first-order valence-electron chi connectivity index (χ1n) is 6.33. The van der Waals surface area contributed by atoms with Gasteiger partial charge in [0.1, 0.15) is 11.0 Å². The van der Waals surface area contributed by atoms with Crippen molar-refractivity contribution >= 4 is 17.4 Å². The number of rotatable bonds is 4. The van der Waals surface area contributed by atoms with Crippen molar-refractivity contribution in [2.45, 2.75) is 25.6 Å². The van der Waals surface area contributed by atoms with Crippen molar-refractivity contribution in [1.82, 2.24) is 9.97 Å². The van der Waals surface area contributed by atoms with Gasteiger partial charge in [-0.3, -0.25) is 0 Å². The Balaban J connectivity index is 2.28. The van der Waals surface area contributed by atoms with Crippen molar-refractivity contribution in [3.63, 3.8) is 0 Å². The Bertz CT molecular complexity index is 602. The van der Waals surface area contributed by atoms with Crippen molar-refractivity contribution in [3.8, 4) is 0 Å². The van der Waals surface area contributed by atoms with Crippen LogP contribution in [0.5, 0.6) is 0 Å². The zero-order valence-corrected chi connectivity index (χ0v) is 11.9. The van der Waals surface area contributed by atoms with Crippen LogP contribution in [0.2, 0.25) is 5.15 Å². The minimum absolute atomic E-state index is 0.0537. The lowest BCUT2D eigenvalue weighted by Gasteiger charge is -2.18. The highest BCUT2D eigenvalue weighted by Crippen LogP contribution is 2.29. The number of hydrogen-bond donors (Lipinski definition) is 1. The summed E-state index contributed by atoms with van der Waals surface area (Å²) >= 11 is 5.64. The van der Waals surface area contributed by atoms with E-state index in [0.29, 0.717) is 6.42 Å². The Labute approximate surface area is 125 Å². The molecule has 0 radical (unpaired) electrons. The Morgan fingerprint density at radius 3 is 2.43 bits per heavy atom. The first-order valence-corrected chi connectivity index (χ1v) is 6.71. The molecule has 1 atom stereocenters. The third-order valence-corrected chi connectivity index (χ3v) is 3.07. The molecule has 1 aromatic heterocycles. The van der Waals surface area contributed by atoms with Gasteiger partial charge in [0.15, 0.2) is 0 Å². The third-order valence-electron chi connectivity index (χ3n) is 2.88. The normalized spacial score (nSPS) is 13.0. The first-order chi connectivity index (χ1) is 9.90. The summed E-state index contributed by atoms with van der Waals surface area (Å²) in [6.07, 6.45) is -3.94. The van der Waals surface area contributed by atoms with E-state index in [0.717, 1.165) is 5.56 Å². The van der Waals surface area contributed by atoms with Gasteiger partial charge in [0, 0.05) is 6.07 Å². The van der Waals surface area contributed by atoms with Crippen molar-refractivity contribution in [1.29, 1.82) is 0 Å². The number of nitrogens with one attached hydrogen (secondary N) is 1. The topological polar surface area (TPSA) is 37.8 Å². The molecule has 0 fully saturated rings. The van der Waals surface area contributed by atoms with Gasteiger partial charge in [0.2, 0.25) is 5.82 Å². The number of anilines is 1. The quantitative estimate of drug-likeness (QED) is 0.830. The number of nitrogens with zero attached hydrogens (tertiary/aromatic N) is 2. The summed E-state index contributed by atoms with van der Waals surface area (Å²) < 4.78 is 38.0. The van der Waals surface area contributed by atoms with E-state index < -0.39 is 12.0 Å². The predicted octanol–water partition coefficient (Wildman–Crippen LogP) is 4.71. The van der Waals surface area contributed by atoms with Crippen molar-refractivity contribution in [2.75, 3.05) is 5.32 Å². The fourth-order valence-corrected chi connectivity index (χ4v) is 2.09. The van der Waals surface area contributed by atoms with Gasteiger partial charge in [-0.2, -0.15) is 13.2 Å². The summed E-state index contributed by atoms with van der Waals surface area (Å²) in [4.78, 5) is 6.69. The van der Waals surface area contributed by atoms with Crippen molar-refractivity contribution in [2.24, 2.45) is 0 Å². The molecule has 1 N–H and O–H groups in total. The summed E-state index contributed by atoms with van der Waals surface area (Å²) in [5, 5.41) is 2.72. The second kappa shape index (κ2) is 6.30. The Kier molecular flexibility index (Phi) is 4.67. The van der Waals surface area contributed by atoms with Gasteiger partial charge in [0.05, 0.1) is 6.04 Å². The first kappa shape index (κ1) is 15.6. The third kappa shape index (κ3) is 4.07. The van der Waals surface area contributed by atoms with Crippen LogP contribution in [0.3, 0.4) is 0 Å². The van der Waals surface area contributed by atoms with E-state index in [-0.39, 0.29) is 17.0 Å². The molecule has 0 bridgehead atoms. The molecule has 21 heavy (non-hydrogen) atoms. The molecule has 1 heterocycles. The number of halogens is 4. The van der Waals surface area contributed by atoms with Gasteiger partial charge in [-0.15, -0.1) is 0 Å². The van der Waals surface area contributed by atoms with E-state index in [9.17, 15) is 13.2 Å². The van der Waals surface area contributed by atoms with Crippen LogP contribution in [0.4, 0.5) is 19.0 Å². The van der Waals surface area contributed by atoms with Gasteiger partial charge < -0.3 is 5.32 Å². The summed E-state index contributed by atoms with van der Waals surface area (Å²) in [6, 6.07) is 10.5. The molecule has 0 saturated carbocycles. The molecule has 1 aromatic carbocycles. The standard InChI is InChI=1S/C14H13ClF3N3/c1-2-10(9-6-4-3-5-7-9)19-12-8-11(15)20-13(21-12)14(16,17)18/h3-8,10H,2H2,1H3,(H,19,20,21). The summed E-state index contributed by atoms with van der Waals surface area (Å²) in [6.45, 7) is 1.93. The van der Waals surface area contributed by atoms with Crippen LogP contribution in [-0.2, 0) is 6.18 Å². The van der Waals surface area contributed by atoms with E-state index in [1.165, 1.54) is 6.07 Å². The molecule has 3 nitrogen and oxygen atoms in total. The molecule has 0 amide bonds. The monoisotopic (exact) mass is 315 g/mol. The average molecular weight is 316 g/mol. The maximum atomic E-state index is 12.7. The molecular formula is C14H13ClF3N3. The lowest BCUT2D eigenvalue weighted by Crippen LogP contribution is -2.15. The minimum atomic E-state index is -4.63. The van der Waals surface area contributed by atoms with Crippen LogP contribution in [0.15, 0.2) is 36.4 Å². The Morgan fingerprint density at radius 1 is 1.19 bits per heavy atom. The molecule has 2 rings (SSSR count). The molecule has 0 aliphatic rings. The van der Waals surface area contributed by atoms with E-state index in [2.05, 4.69) is 15.3 Å². The summed E-state index contributed by atoms with van der Waals surface area (Å²) in [5.74, 6) is -1.20. The van der Waals surface area contributed by atoms with E-state index >= 15 is 0 Å². The van der Waals surface area contributed by atoms with Crippen molar-refractivity contribution < 1.29 is 13.2 Å². The lowest BCUT2D eigenvalue weighted by molar-refractivity contribution is -0.144. The molecule has 2 aromatic rings. The molecule has 7 heteroatoms. The number of aromatic nitrogens is 2. The fourth-order valence-electron chi connectivity index (χ4n) is 1.90. The molecule has 0 aliphatic heterocycles. The van der Waals surface area contributed by atoms with Crippen LogP contribution >= 0.6 is 11.6 Å². The molecule has 112 valence electrons. The van der Waals surface area contributed by atoms with Crippen LogP contribution < -0.4 is 5.32 Å². The van der Waals surface area contributed by atoms with Crippen LogP contribution in [0.25, 0.3) is 0 Å². The number of alkyl halides is 3.